The first-order valence-electron chi connectivity index (χ1n) is 6.32. The molecule has 0 N–H and O–H groups in total. The molecule has 0 aromatic carbocycles. The minimum atomic E-state index is 0.0288. The second kappa shape index (κ2) is 5.38. The van der Waals surface area contributed by atoms with Crippen LogP contribution in [-0.2, 0) is 0 Å². The monoisotopic (exact) mass is 209 g/mol. The fraction of sp³-hybridized carbons (Fsp3) is 0.917. The summed E-state index contributed by atoms with van der Waals surface area (Å²) in [6.45, 7) is 2.59. The van der Waals surface area contributed by atoms with Gasteiger partial charge in [-0.25, -0.2) is 10.1 Å². The molecular weight excluding hydrogens is 188 g/mol. The van der Waals surface area contributed by atoms with Gasteiger partial charge in [-0.3, -0.25) is 0 Å². The van der Waals surface area contributed by atoms with Crippen molar-refractivity contribution in [2.75, 3.05) is 19.6 Å². The average Bonchev–Trinajstić information content (AvgIpc) is 2.67. The number of hydrogen-bond donors (Lipinski definition) is 0. The van der Waals surface area contributed by atoms with E-state index < -0.39 is 0 Å². The van der Waals surface area contributed by atoms with Gasteiger partial charge in [0.1, 0.15) is 0 Å². The van der Waals surface area contributed by atoms with E-state index in [2.05, 4.69) is 5.32 Å². The van der Waals surface area contributed by atoms with E-state index in [0.29, 0.717) is 0 Å². The number of nitrogens with zero attached hydrogens (tertiary/aromatic N) is 2. The molecular formula is C12H21N2O. The second-order valence-electron chi connectivity index (χ2n) is 4.80. The number of carbonyl (C=O) groups excluding carboxylic acids is 1. The molecule has 0 atom stereocenters. The Labute approximate surface area is 92.2 Å². The summed E-state index contributed by atoms with van der Waals surface area (Å²) in [5, 5.41) is 4.12. The summed E-state index contributed by atoms with van der Waals surface area (Å²) < 4.78 is 0. The zero-order valence-electron chi connectivity index (χ0n) is 9.45. The molecule has 1 aliphatic heterocycles. The molecule has 2 amide bonds. The summed E-state index contributed by atoms with van der Waals surface area (Å²) in [7, 11) is 0. The predicted molar refractivity (Wildman–Crippen MR) is 59.8 cm³/mol. The Morgan fingerprint density at radius 1 is 1.20 bits per heavy atom. The Morgan fingerprint density at radius 3 is 2.53 bits per heavy atom. The topological polar surface area (TPSA) is 34.4 Å². The number of hydrogen-bond acceptors (Lipinski definition) is 1. The third-order valence-corrected chi connectivity index (χ3v) is 3.62. The maximum atomic E-state index is 11.5. The number of likely N-dealkylation sites (tertiary alicyclic amines) is 1. The van der Waals surface area contributed by atoms with Crippen LogP contribution in [-0.4, -0.2) is 30.6 Å². The van der Waals surface area contributed by atoms with E-state index in [1.54, 1.807) is 0 Å². The third kappa shape index (κ3) is 3.11. The van der Waals surface area contributed by atoms with E-state index in [-0.39, 0.29) is 6.03 Å². The van der Waals surface area contributed by atoms with E-state index in [9.17, 15) is 4.79 Å². The molecule has 15 heavy (non-hydrogen) atoms. The minimum absolute atomic E-state index is 0.0288. The molecule has 1 heterocycles. The molecule has 1 saturated heterocycles. The normalized spacial score (nSPS) is 21.5. The van der Waals surface area contributed by atoms with Crippen molar-refractivity contribution in [2.45, 2.75) is 44.9 Å². The van der Waals surface area contributed by atoms with Crippen LogP contribution in [0.5, 0.6) is 0 Å². The van der Waals surface area contributed by atoms with Crippen molar-refractivity contribution in [2.24, 2.45) is 5.92 Å². The van der Waals surface area contributed by atoms with Gasteiger partial charge in [-0.15, -0.1) is 0 Å². The van der Waals surface area contributed by atoms with E-state index in [1.165, 1.54) is 25.7 Å². The molecule has 2 aliphatic rings. The lowest BCUT2D eigenvalue weighted by Crippen LogP contribution is -2.34. The van der Waals surface area contributed by atoms with Crippen molar-refractivity contribution in [3.05, 3.63) is 0 Å². The summed E-state index contributed by atoms with van der Waals surface area (Å²) in [6.07, 6.45) is 8.91. The van der Waals surface area contributed by atoms with E-state index in [1.807, 2.05) is 4.90 Å². The highest BCUT2D eigenvalue weighted by Gasteiger charge is 2.19. The lowest BCUT2D eigenvalue weighted by molar-refractivity contribution is 0.206. The zero-order valence-corrected chi connectivity index (χ0v) is 9.45. The van der Waals surface area contributed by atoms with Gasteiger partial charge in [-0.2, -0.15) is 0 Å². The molecule has 0 aromatic heterocycles. The number of urea groups is 1. The maximum Gasteiger partial charge on any atom is 0.338 e. The van der Waals surface area contributed by atoms with Crippen molar-refractivity contribution in [3.63, 3.8) is 0 Å². The van der Waals surface area contributed by atoms with Gasteiger partial charge in [-0.1, -0.05) is 19.3 Å². The molecule has 2 rings (SSSR count). The molecule has 2 fully saturated rings. The van der Waals surface area contributed by atoms with Crippen LogP contribution < -0.4 is 5.32 Å². The van der Waals surface area contributed by atoms with Crippen LogP contribution >= 0.6 is 0 Å². The van der Waals surface area contributed by atoms with Crippen LogP contribution in [0.1, 0.15) is 44.9 Å². The Balaban J connectivity index is 1.50. The lowest BCUT2D eigenvalue weighted by atomic mass is 9.82. The van der Waals surface area contributed by atoms with Crippen molar-refractivity contribution in [1.82, 2.24) is 10.2 Å². The van der Waals surface area contributed by atoms with Crippen LogP contribution in [0, 0.1) is 5.92 Å². The van der Waals surface area contributed by atoms with Gasteiger partial charge in [0, 0.05) is 19.6 Å². The number of carbonyl (C=O) groups is 1. The van der Waals surface area contributed by atoms with Gasteiger partial charge < -0.3 is 4.90 Å². The van der Waals surface area contributed by atoms with Crippen LogP contribution in [0.15, 0.2) is 0 Å². The number of amides is 2. The van der Waals surface area contributed by atoms with Gasteiger partial charge in [0.05, 0.1) is 0 Å². The standard InChI is InChI=1S/C12H21N2O/c15-12(14-9-1-2-10-14)13-8-4-7-11-5-3-6-11/h11H,1-10H2. The molecule has 85 valence electrons. The molecule has 0 spiro atoms. The minimum Gasteiger partial charge on any atom is -0.323 e. The van der Waals surface area contributed by atoms with Crippen LogP contribution in [0.4, 0.5) is 4.79 Å². The first kappa shape index (κ1) is 10.8. The van der Waals surface area contributed by atoms with Gasteiger partial charge >= 0.3 is 6.03 Å². The first-order chi connectivity index (χ1) is 7.36. The fourth-order valence-corrected chi connectivity index (χ4v) is 2.34. The maximum absolute atomic E-state index is 11.5. The Hall–Kier alpha value is -0.730. The van der Waals surface area contributed by atoms with Crippen molar-refractivity contribution < 1.29 is 4.79 Å². The SMILES string of the molecule is O=C([N]CCCC1CCC1)N1CCCC1. The van der Waals surface area contributed by atoms with Gasteiger partial charge in [-0.05, 0) is 31.6 Å². The Kier molecular flexibility index (Phi) is 3.87. The van der Waals surface area contributed by atoms with E-state index in [0.717, 1.165) is 44.8 Å². The third-order valence-electron chi connectivity index (χ3n) is 3.62. The van der Waals surface area contributed by atoms with Crippen LogP contribution in [0.3, 0.4) is 0 Å². The smallest absolute Gasteiger partial charge is 0.323 e. The van der Waals surface area contributed by atoms with E-state index in [4.69, 9.17) is 0 Å². The van der Waals surface area contributed by atoms with Gasteiger partial charge in [0.15, 0.2) is 0 Å². The van der Waals surface area contributed by atoms with Crippen molar-refractivity contribution in [3.8, 4) is 0 Å². The van der Waals surface area contributed by atoms with Gasteiger partial charge in [0.25, 0.3) is 0 Å². The lowest BCUT2D eigenvalue weighted by Gasteiger charge is -2.25. The molecule has 0 aromatic rings. The molecule has 1 radical (unpaired) electrons. The Morgan fingerprint density at radius 2 is 1.93 bits per heavy atom. The highest BCUT2D eigenvalue weighted by molar-refractivity contribution is 5.74. The molecule has 0 bridgehead atoms. The first-order valence-corrected chi connectivity index (χ1v) is 6.32. The summed E-state index contributed by atoms with van der Waals surface area (Å²) in [5.41, 5.74) is 0. The van der Waals surface area contributed by atoms with Crippen LogP contribution in [0.25, 0.3) is 0 Å². The van der Waals surface area contributed by atoms with Gasteiger partial charge in [0.2, 0.25) is 0 Å². The summed E-state index contributed by atoms with van der Waals surface area (Å²) in [6, 6.07) is 0.0288. The van der Waals surface area contributed by atoms with E-state index >= 15 is 0 Å². The molecule has 3 heteroatoms. The molecule has 1 saturated carbocycles. The summed E-state index contributed by atoms with van der Waals surface area (Å²) in [4.78, 5) is 13.4. The molecule has 3 nitrogen and oxygen atoms in total. The van der Waals surface area contributed by atoms with Crippen LogP contribution in [0.2, 0.25) is 0 Å². The Bertz CT molecular complexity index is 208. The number of rotatable bonds is 4. The second-order valence-corrected chi connectivity index (χ2v) is 4.80. The fourth-order valence-electron chi connectivity index (χ4n) is 2.34. The quantitative estimate of drug-likeness (QED) is 0.655. The average molecular weight is 209 g/mol. The predicted octanol–water partition coefficient (Wildman–Crippen LogP) is 2.39. The molecule has 1 aliphatic carbocycles. The zero-order chi connectivity index (χ0) is 10.5. The summed E-state index contributed by atoms with van der Waals surface area (Å²) >= 11 is 0. The summed E-state index contributed by atoms with van der Waals surface area (Å²) in [5.74, 6) is 0.946. The highest BCUT2D eigenvalue weighted by Crippen LogP contribution is 2.30. The highest BCUT2D eigenvalue weighted by atomic mass is 16.2. The van der Waals surface area contributed by atoms with Crippen molar-refractivity contribution >= 4 is 6.03 Å². The largest absolute Gasteiger partial charge is 0.338 e. The molecule has 0 unspecified atom stereocenters. The van der Waals surface area contributed by atoms with Crippen molar-refractivity contribution in [1.29, 1.82) is 0 Å².